The lowest BCUT2D eigenvalue weighted by Gasteiger charge is -2.37. The van der Waals surface area contributed by atoms with Crippen LogP contribution in [0.15, 0.2) is 29.2 Å². The second-order valence-electron chi connectivity index (χ2n) is 6.13. The standard InChI is InChI=1S/C17H23NO2S/c19-17(20)9-8-14-6-3-4-10-18(14)12-15-11-13-5-1-2-7-16(13)21-15/h1-2,5,7,14-15H,3-4,6,8-12H2,(H,19,20). The van der Waals surface area contributed by atoms with Gasteiger partial charge < -0.3 is 5.11 Å². The monoisotopic (exact) mass is 305 g/mol. The molecule has 1 aromatic rings. The van der Waals surface area contributed by atoms with Crippen molar-refractivity contribution in [3.63, 3.8) is 0 Å². The van der Waals surface area contributed by atoms with Gasteiger partial charge in [0.1, 0.15) is 0 Å². The first-order valence-corrected chi connectivity index (χ1v) is 8.81. The van der Waals surface area contributed by atoms with E-state index in [2.05, 4.69) is 29.2 Å². The van der Waals surface area contributed by atoms with Gasteiger partial charge in [-0.3, -0.25) is 9.69 Å². The normalized spacial score (nSPS) is 25.7. The number of carboxylic acid groups (broad SMARTS) is 1. The predicted octanol–water partition coefficient (Wildman–Crippen LogP) is 3.42. The van der Waals surface area contributed by atoms with Crippen LogP contribution in [0.1, 0.15) is 37.7 Å². The molecule has 0 aromatic heterocycles. The van der Waals surface area contributed by atoms with Gasteiger partial charge in [-0.1, -0.05) is 24.6 Å². The van der Waals surface area contributed by atoms with E-state index in [0.717, 1.165) is 32.4 Å². The van der Waals surface area contributed by atoms with Gasteiger partial charge >= 0.3 is 5.97 Å². The molecule has 4 heteroatoms. The highest BCUT2D eigenvalue weighted by Crippen LogP contribution is 2.38. The minimum absolute atomic E-state index is 0.305. The van der Waals surface area contributed by atoms with Crippen LogP contribution in [-0.2, 0) is 11.2 Å². The lowest BCUT2D eigenvalue weighted by molar-refractivity contribution is -0.137. The van der Waals surface area contributed by atoms with Crippen molar-refractivity contribution in [2.75, 3.05) is 13.1 Å². The van der Waals surface area contributed by atoms with Crippen LogP contribution in [0.2, 0.25) is 0 Å². The Hall–Kier alpha value is -1.00. The molecule has 2 unspecified atom stereocenters. The number of carbonyl (C=O) groups is 1. The van der Waals surface area contributed by atoms with Gasteiger partial charge in [0.15, 0.2) is 0 Å². The highest BCUT2D eigenvalue weighted by atomic mass is 32.2. The van der Waals surface area contributed by atoms with Crippen LogP contribution >= 0.6 is 11.8 Å². The molecule has 2 atom stereocenters. The number of aliphatic carboxylic acids is 1. The molecule has 21 heavy (non-hydrogen) atoms. The summed E-state index contributed by atoms with van der Waals surface area (Å²) >= 11 is 2.00. The average molecular weight is 305 g/mol. The van der Waals surface area contributed by atoms with E-state index in [-0.39, 0.29) is 0 Å². The molecule has 0 spiro atoms. The van der Waals surface area contributed by atoms with Crippen LogP contribution < -0.4 is 0 Å². The summed E-state index contributed by atoms with van der Waals surface area (Å²) in [6.45, 7) is 2.24. The molecule has 2 aliphatic heterocycles. The zero-order valence-electron chi connectivity index (χ0n) is 12.3. The molecule has 114 valence electrons. The van der Waals surface area contributed by atoms with Crippen LogP contribution in [0, 0.1) is 0 Å². The molecule has 0 amide bonds. The number of rotatable bonds is 5. The fraction of sp³-hybridized carbons (Fsp3) is 0.588. The highest BCUT2D eigenvalue weighted by Gasteiger charge is 2.28. The molecule has 0 aliphatic carbocycles. The van der Waals surface area contributed by atoms with Gasteiger partial charge in [0.05, 0.1) is 0 Å². The maximum absolute atomic E-state index is 10.8. The van der Waals surface area contributed by atoms with Crippen LogP contribution in [-0.4, -0.2) is 40.4 Å². The van der Waals surface area contributed by atoms with Gasteiger partial charge in [-0.05, 0) is 43.9 Å². The molecule has 1 aromatic carbocycles. The van der Waals surface area contributed by atoms with Crippen molar-refractivity contribution < 1.29 is 9.90 Å². The van der Waals surface area contributed by atoms with Gasteiger partial charge in [-0.15, -0.1) is 11.8 Å². The molecule has 2 aliphatic rings. The first-order chi connectivity index (χ1) is 10.2. The lowest BCUT2D eigenvalue weighted by atomic mass is 9.97. The summed E-state index contributed by atoms with van der Waals surface area (Å²) in [6.07, 6.45) is 5.94. The zero-order chi connectivity index (χ0) is 14.7. The number of fused-ring (bicyclic) bond motifs is 1. The molecule has 1 N–H and O–H groups in total. The third-order valence-electron chi connectivity index (χ3n) is 4.59. The Morgan fingerprint density at radius 3 is 3.00 bits per heavy atom. The van der Waals surface area contributed by atoms with E-state index in [1.807, 2.05) is 11.8 Å². The Morgan fingerprint density at radius 2 is 2.19 bits per heavy atom. The van der Waals surface area contributed by atoms with Crippen LogP contribution in [0.5, 0.6) is 0 Å². The van der Waals surface area contributed by atoms with Crippen molar-refractivity contribution >= 4 is 17.7 Å². The Morgan fingerprint density at radius 1 is 1.33 bits per heavy atom. The van der Waals surface area contributed by atoms with Crippen molar-refractivity contribution in [2.24, 2.45) is 0 Å². The summed E-state index contributed by atoms with van der Waals surface area (Å²) in [7, 11) is 0. The molecule has 3 nitrogen and oxygen atoms in total. The molecule has 0 radical (unpaired) electrons. The summed E-state index contributed by atoms with van der Waals surface area (Å²) in [4.78, 5) is 14.8. The average Bonchev–Trinajstić information content (AvgIpc) is 2.88. The lowest BCUT2D eigenvalue weighted by Crippen LogP contribution is -2.43. The summed E-state index contributed by atoms with van der Waals surface area (Å²) < 4.78 is 0. The fourth-order valence-electron chi connectivity index (χ4n) is 3.53. The Balaban J connectivity index is 1.57. The number of hydrogen-bond acceptors (Lipinski definition) is 3. The molecule has 3 rings (SSSR count). The first-order valence-electron chi connectivity index (χ1n) is 7.93. The third-order valence-corrected chi connectivity index (χ3v) is 5.89. The second-order valence-corrected chi connectivity index (χ2v) is 7.47. The summed E-state index contributed by atoms with van der Waals surface area (Å²) in [6, 6.07) is 9.17. The van der Waals surface area contributed by atoms with E-state index < -0.39 is 5.97 Å². The van der Waals surface area contributed by atoms with Gasteiger partial charge in [0.25, 0.3) is 0 Å². The number of benzene rings is 1. The molecule has 1 saturated heterocycles. The van der Waals surface area contributed by atoms with E-state index in [4.69, 9.17) is 5.11 Å². The van der Waals surface area contributed by atoms with E-state index >= 15 is 0 Å². The Bertz CT molecular complexity index is 480. The number of carboxylic acids is 1. The number of thioether (sulfide) groups is 1. The highest BCUT2D eigenvalue weighted by molar-refractivity contribution is 8.00. The van der Waals surface area contributed by atoms with E-state index in [9.17, 15) is 4.79 Å². The molecular weight excluding hydrogens is 282 g/mol. The van der Waals surface area contributed by atoms with Crippen molar-refractivity contribution in [2.45, 2.75) is 54.7 Å². The molecule has 1 fully saturated rings. The topological polar surface area (TPSA) is 40.5 Å². The molecule has 0 saturated carbocycles. The number of piperidine rings is 1. The second kappa shape index (κ2) is 6.84. The summed E-state index contributed by atoms with van der Waals surface area (Å²) in [5, 5.41) is 9.54. The molecule has 2 heterocycles. The minimum Gasteiger partial charge on any atom is -0.481 e. The van der Waals surface area contributed by atoms with Crippen molar-refractivity contribution in [1.82, 2.24) is 4.90 Å². The molecule has 0 bridgehead atoms. The largest absolute Gasteiger partial charge is 0.481 e. The zero-order valence-corrected chi connectivity index (χ0v) is 13.1. The summed E-state index contributed by atoms with van der Waals surface area (Å²) in [5.41, 5.74) is 1.48. The van der Waals surface area contributed by atoms with Gasteiger partial charge in [-0.25, -0.2) is 0 Å². The summed E-state index contributed by atoms with van der Waals surface area (Å²) in [5.74, 6) is -0.664. The van der Waals surface area contributed by atoms with E-state index in [1.54, 1.807) is 0 Å². The van der Waals surface area contributed by atoms with Crippen molar-refractivity contribution in [1.29, 1.82) is 0 Å². The Labute approximate surface area is 130 Å². The maximum Gasteiger partial charge on any atom is 0.303 e. The minimum atomic E-state index is -0.664. The number of hydrogen-bond donors (Lipinski definition) is 1. The fourth-order valence-corrected chi connectivity index (χ4v) is 4.88. The molecular formula is C17H23NO2S. The van der Waals surface area contributed by atoms with Crippen molar-refractivity contribution in [3.05, 3.63) is 29.8 Å². The van der Waals surface area contributed by atoms with Gasteiger partial charge in [0.2, 0.25) is 0 Å². The third kappa shape index (κ3) is 3.80. The van der Waals surface area contributed by atoms with E-state index in [0.29, 0.717) is 17.7 Å². The quantitative estimate of drug-likeness (QED) is 0.905. The number of nitrogens with zero attached hydrogens (tertiary/aromatic N) is 1. The first kappa shape index (κ1) is 14.9. The van der Waals surface area contributed by atoms with Crippen molar-refractivity contribution in [3.8, 4) is 0 Å². The van der Waals surface area contributed by atoms with Crippen LogP contribution in [0.3, 0.4) is 0 Å². The smallest absolute Gasteiger partial charge is 0.303 e. The number of likely N-dealkylation sites (tertiary alicyclic amines) is 1. The van der Waals surface area contributed by atoms with Gasteiger partial charge in [0, 0.05) is 29.2 Å². The SMILES string of the molecule is O=C(O)CCC1CCCCN1CC1Cc2ccccc2S1. The van der Waals surface area contributed by atoms with E-state index in [1.165, 1.54) is 23.3 Å². The predicted molar refractivity (Wildman–Crippen MR) is 85.9 cm³/mol. The maximum atomic E-state index is 10.8. The Kier molecular flexibility index (Phi) is 4.86. The van der Waals surface area contributed by atoms with Crippen LogP contribution in [0.25, 0.3) is 0 Å². The van der Waals surface area contributed by atoms with Gasteiger partial charge in [-0.2, -0.15) is 0 Å². The van der Waals surface area contributed by atoms with Crippen LogP contribution in [0.4, 0.5) is 0 Å².